The van der Waals surface area contributed by atoms with Gasteiger partial charge in [-0.05, 0) is 44.0 Å². The Morgan fingerprint density at radius 1 is 1.35 bits per heavy atom. The van der Waals surface area contributed by atoms with E-state index >= 15 is 0 Å². The van der Waals surface area contributed by atoms with Gasteiger partial charge in [0.1, 0.15) is 5.82 Å². The number of thiazole rings is 1. The molecule has 0 radical (unpaired) electrons. The number of carbonyl (C=O) groups is 1. The van der Waals surface area contributed by atoms with Gasteiger partial charge in [0, 0.05) is 30.6 Å². The third-order valence-corrected chi connectivity index (χ3v) is 5.93. The topological polar surface area (TPSA) is 59.0 Å². The van der Waals surface area contributed by atoms with Gasteiger partial charge in [-0.15, -0.1) is 11.3 Å². The molecule has 26 heavy (non-hydrogen) atoms. The Kier molecular flexibility index (Phi) is 4.28. The van der Waals surface area contributed by atoms with E-state index in [0.29, 0.717) is 6.54 Å². The standard InChI is InChI=1S/C20H20N4OS/c1-4-18(25)24-8-7-15(11-24)20-21-10-16-9-14(5-6-17(16)23-20)19-12(2)22-13(3)26-19/h4-6,9-10,15H,1,7-8,11H2,2-3H3. The van der Waals surface area contributed by atoms with Crippen LogP contribution in [0.25, 0.3) is 21.3 Å². The number of hydrogen-bond donors (Lipinski definition) is 0. The molecule has 6 heteroatoms. The lowest BCUT2D eigenvalue weighted by Gasteiger charge is -2.13. The number of nitrogens with zero attached hydrogens (tertiary/aromatic N) is 4. The van der Waals surface area contributed by atoms with Crippen molar-refractivity contribution in [2.45, 2.75) is 26.2 Å². The molecule has 0 spiro atoms. The van der Waals surface area contributed by atoms with Gasteiger partial charge in [0.15, 0.2) is 0 Å². The van der Waals surface area contributed by atoms with Crippen LogP contribution in [0, 0.1) is 13.8 Å². The summed E-state index contributed by atoms with van der Waals surface area (Å²) in [6.45, 7) is 9.02. The number of aryl methyl sites for hydroxylation is 2. The highest BCUT2D eigenvalue weighted by molar-refractivity contribution is 7.15. The average Bonchev–Trinajstić information content (AvgIpc) is 3.26. The molecule has 0 saturated carbocycles. The molecule has 1 aliphatic heterocycles. The van der Waals surface area contributed by atoms with E-state index in [1.54, 1.807) is 11.3 Å². The fourth-order valence-electron chi connectivity index (χ4n) is 3.49. The smallest absolute Gasteiger partial charge is 0.245 e. The second-order valence-corrected chi connectivity index (χ2v) is 7.83. The minimum Gasteiger partial charge on any atom is -0.338 e. The summed E-state index contributed by atoms with van der Waals surface area (Å²) < 4.78 is 0. The molecule has 1 saturated heterocycles. The average molecular weight is 364 g/mol. The van der Waals surface area contributed by atoms with Crippen LogP contribution in [0.15, 0.2) is 37.1 Å². The summed E-state index contributed by atoms with van der Waals surface area (Å²) in [6.07, 6.45) is 4.15. The van der Waals surface area contributed by atoms with Crippen molar-refractivity contribution in [1.29, 1.82) is 0 Å². The van der Waals surface area contributed by atoms with Gasteiger partial charge in [0.25, 0.3) is 0 Å². The van der Waals surface area contributed by atoms with Gasteiger partial charge < -0.3 is 4.90 Å². The van der Waals surface area contributed by atoms with Gasteiger partial charge in [0.05, 0.1) is 21.1 Å². The van der Waals surface area contributed by atoms with Crippen molar-refractivity contribution < 1.29 is 4.79 Å². The zero-order valence-corrected chi connectivity index (χ0v) is 15.7. The first kappa shape index (κ1) is 16.8. The SMILES string of the molecule is C=CC(=O)N1CCC(c2ncc3cc(-c4sc(C)nc4C)ccc3n2)C1. The summed E-state index contributed by atoms with van der Waals surface area (Å²) in [5.41, 5.74) is 3.15. The fourth-order valence-corrected chi connectivity index (χ4v) is 4.40. The summed E-state index contributed by atoms with van der Waals surface area (Å²) >= 11 is 1.71. The molecule has 1 aromatic carbocycles. The second kappa shape index (κ2) is 6.61. The molecule has 5 nitrogen and oxygen atoms in total. The predicted molar refractivity (Wildman–Crippen MR) is 104 cm³/mol. The summed E-state index contributed by atoms with van der Waals surface area (Å²) in [5, 5.41) is 2.10. The number of benzene rings is 1. The van der Waals surface area contributed by atoms with E-state index in [-0.39, 0.29) is 11.8 Å². The molecule has 2 aromatic heterocycles. The minimum absolute atomic E-state index is 0.0202. The first-order chi connectivity index (χ1) is 12.5. The van der Waals surface area contributed by atoms with Gasteiger partial charge in [-0.3, -0.25) is 4.79 Å². The highest BCUT2D eigenvalue weighted by Crippen LogP contribution is 2.32. The maximum atomic E-state index is 11.8. The van der Waals surface area contributed by atoms with Crippen LogP contribution in [0.2, 0.25) is 0 Å². The molecular weight excluding hydrogens is 344 g/mol. The van der Waals surface area contributed by atoms with Crippen LogP contribution in [0.4, 0.5) is 0 Å². The largest absolute Gasteiger partial charge is 0.338 e. The maximum Gasteiger partial charge on any atom is 0.245 e. The van der Waals surface area contributed by atoms with Crippen molar-refractivity contribution in [3.8, 4) is 10.4 Å². The van der Waals surface area contributed by atoms with Crippen molar-refractivity contribution in [1.82, 2.24) is 19.9 Å². The molecule has 1 fully saturated rings. The van der Waals surface area contributed by atoms with Gasteiger partial charge in [-0.25, -0.2) is 15.0 Å². The molecule has 0 aliphatic carbocycles. The van der Waals surface area contributed by atoms with Crippen molar-refractivity contribution in [2.75, 3.05) is 13.1 Å². The number of aromatic nitrogens is 3. The summed E-state index contributed by atoms with van der Waals surface area (Å²) in [5.74, 6) is 0.983. The Hall–Kier alpha value is -2.60. The van der Waals surface area contributed by atoms with Crippen LogP contribution < -0.4 is 0 Å². The molecule has 1 aliphatic rings. The third kappa shape index (κ3) is 3.01. The number of amides is 1. The van der Waals surface area contributed by atoms with E-state index < -0.39 is 0 Å². The van der Waals surface area contributed by atoms with Crippen LogP contribution in [0.3, 0.4) is 0 Å². The van der Waals surface area contributed by atoms with Crippen molar-refractivity contribution >= 4 is 28.1 Å². The molecular formula is C20H20N4OS. The monoisotopic (exact) mass is 364 g/mol. The molecule has 3 heterocycles. The predicted octanol–water partition coefficient (Wildman–Crippen LogP) is 3.87. The Balaban J connectivity index is 1.63. The molecule has 1 amide bonds. The first-order valence-electron chi connectivity index (χ1n) is 8.67. The first-order valence-corrected chi connectivity index (χ1v) is 9.49. The molecule has 1 unspecified atom stereocenters. The lowest BCUT2D eigenvalue weighted by molar-refractivity contribution is -0.125. The van der Waals surface area contributed by atoms with E-state index in [4.69, 9.17) is 4.98 Å². The third-order valence-electron chi connectivity index (χ3n) is 4.80. The van der Waals surface area contributed by atoms with Crippen LogP contribution in [0.5, 0.6) is 0 Å². The van der Waals surface area contributed by atoms with E-state index in [9.17, 15) is 4.79 Å². The highest BCUT2D eigenvalue weighted by atomic mass is 32.1. The van der Waals surface area contributed by atoms with Gasteiger partial charge in [0.2, 0.25) is 5.91 Å². The van der Waals surface area contributed by atoms with E-state index in [1.165, 1.54) is 11.0 Å². The fraction of sp³-hybridized carbons (Fsp3) is 0.300. The lowest BCUT2D eigenvalue weighted by Crippen LogP contribution is -2.26. The summed E-state index contributed by atoms with van der Waals surface area (Å²) in [7, 11) is 0. The molecule has 0 bridgehead atoms. The molecule has 4 rings (SSSR count). The number of carbonyl (C=O) groups excluding carboxylic acids is 1. The Morgan fingerprint density at radius 2 is 2.19 bits per heavy atom. The minimum atomic E-state index is -0.0202. The molecule has 3 aromatic rings. The number of fused-ring (bicyclic) bond motifs is 1. The van der Waals surface area contributed by atoms with E-state index in [2.05, 4.69) is 28.7 Å². The lowest BCUT2D eigenvalue weighted by atomic mass is 10.1. The summed E-state index contributed by atoms with van der Waals surface area (Å²) in [6, 6.07) is 6.27. The summed E-state index contributed by atoms with van der Waals surface area (Å²) in [4.78, 5) is 28.6. The van der Waals surface area contributed by atoms with E-state index in [1.807, 2.05) is 31.0 Å². The Bertz CT molecular complexity index is 1010. The molecule has 132 valence electrons. The van der Waals surface area contributed by atoms with Crippen LogP contribution in [-0.2, 0) is 4.79 Å². The van der Waals surface area contributed by atoms with Crippen LogP contribution in [0.1, 0.15) is 28.9 Å². The van der Waals surface area contributed by atoms with Crippen LogP contribution in [-0.4, -0.2) is 38.8 Å². The zero-order valence-electron chi connectivity index (χ0n) is 14.9. The van der Waals surface area contributed by atoms with Gasteiger partial charge in [-0.2, -0.15) is 0 Å². The Labute approximate surface area is 156 Å². The Morgan fingerprint density at radius 3 is 2.92 bits per heavy atom. The molecule has 1 atom stereocenters. The van der Waals surface area contributed by atoms with Gasteiger partial charge in [-0.1, -0.05) is 12.6 Å². The maximum absolute atomic E-state index is 11.8. The van der Waals surface area contributed by atoms with Crippen molar-refractivity contribution in [3.05, 3.63) is 53.6 Å². The number of hydrogen-bond acceptors (Lipinski definition) is 5. The number of likely N-dealkylation sites (tertiary alicyclic amines) is 1. The van der Waals surface area contributed by atoms with Gasteiger partial charge >= 0.3 is 0 Å². The normalized spacial score (nSPS) is 17.0. The van der Waals surface area contributed by atoms with Crippen molar-refractivity contribution in [2.24, 2.45) is 0 Å². The highest BCUT2D eigenvalue weighted by Gasteiger charge is 2.28. The van der Waals surface area contributed by atoms with E-state index in [0.717, 1.165) is 46.0 Å². The quantitative estimate of drug-likeness (QED) is 0.662. The number of rotatable bonds is 3. The zero-order chi connectivity index (χ0) is 18.3. The second-order valence-electron chi connectivity index (χ2n) is 6.62. The van der Waals surface area contributed by atoms with Crippen LogP contribution >= 0.6 is 11.3 Å². The van der Waals surface area contributed by atoms with Crippen molar-refractivity contribution in [3.63, 3.8) is 0 Å². The molecule has 0 N–H and O–H groups in total.